The minimum atomic E-state index is 0.792. The molecule has 0 bridgehead atoms. The lowest BCUT2D eigenvalue weighted by atomic mass is 10.2. The van der Waals surface area contributed by atoms with Crippen LogP contribution in [-0.4, -0.2) is 9.97 Å². The molecule has 56 valence electrons. The van der Waals surface area contributed by atoms with Gasteiger partial charge in [0.1, 0.15) is 0 Å². The summed E-state index contributed by atoms with van der Waals surface area (Å²) in [6.07, 6.45) is 5.38. The van der Waals surface area contributed by atoms with Crippen molar-refractivity contribution < 1.29 is 0 Å². The molecule has 2 heterocycles. The van der Waals surface area contributed by atoms with Gasteiger partial charge in [0.2, 0.25) is 0 Å². The first-order valence-electron chi connectivity index (χ1n) is 3.46. The van der Waals surface area contributed by atoms with E-state index in [0.717, 1.165) is 22.2 Å². The van der Waals surface area contributed by atoms with Gasteiger partial charge in [-0.25, -0.2) is 0 Å². The van der Waals surface area contributed by atoms with Crippen LogP contribution >= 0.6 is 0 Å². The number of nitrogens with two attached hydrogens (primary N) is 1. The number of fused-ring (bicyclic) bond motifs is 1. The summed E-state index contributed by atoms with van der Waals surface area (Å²) in [5, 5.41) is 1.08. The molecule has 0 saturated carbocycles. The lowest BCUT2D eigenvalue weighted by Crippen LogP contribution is -1.83. The number of nitrogen functional groups attached to an aromatic ring is 1. The van der Waals surface area contributed by atoms with Crippen LogP contribution in [-0.2, 0) is 0 Å². The van der Waals surface area contributed by atoms with Crippen LogP contribution in [0.4, 0.5) is 5.69 Å². The normalized spacial score (nSPS) is 10.6. The number of aromatic nitrogens is 2. The third-order valence-electron chi connectivity index (χ3n) is 1.81. The Morgan fingerprint density at radius 1 is 1.45 bits per heavy atom. The van der Waals surface area contributed by atoms with Crippen molar-refractivity contribution in [2.45, 2.75) is 6.92 Å². The Bertz CT molecular complexity index is 389. The molecule has 2 rings (SSSR count). The number of aromatic amines is 1. The molecular formula is C8H9N3. The highest BCUT2D eigenvalue weighted by Crippen LogP contribution is 2.21. The molecular weight excluding hydrogens is 138 g/mol. The predicted molar refractivity (Wildman–Crippen MR) is 45.2 cm³/mol. The van der Waals surface area contributed by atoms with E-state index in [-0.39, 0.29) is 0 Å². The fourth-order valence-corrected chi connectivity index (χ4v) is 1.29. The molecule has 0 atom stereocenters. The average Bonchev–Trinajstić information content (AvgIpc) is 2.34. The highest BCUT2D eigenvalue weighted by atomic mass is 14.8. The molecule has 0 fully saturated rings. The van der Waals surface area contributed by atoms with Gasteiger partial charge in [-0.3, -0.25) is 4.98 Å². The Labute approximate surface area is 64.2 Å². The molecule has 2 aromatic rings. The van der Waals surface area contributed by atoms with Gasteiger partial charge in [0.05, 0.1) is 17.4 Å². The van der Waals surface area contributed by atoms with Gasteiger partial charge in [-0.05, 0) is 12.5 Å². The minimum absolute atomic E-state index is 0.792. The number of nitrogens with one attached hydrogen (secondary N) is 1. The third-order valence-corrected chi connectivity index (χ3v) is 1.81. The zero-order valence-corrected chi connectivity index (χ0v) is 6.26. The average molecular weight is 147 g/mol. The number of nitrogens with zero attached hydrogens (tertiary/aromatic N) is 1. The van der Waals surface area contributed by atoms with E-state index in [0.29, 0.717) is 0 Å². The lowest BCUT2D eigenvalue weighted by molar-refractivity contribution is 1.30. The second kappa shape index (κ2) is 1.99. The van der Waals surface area contributed by atoms with Crippen molar-refractivity contribution in [1.29, 1.82) is 0 Å². The minimum Gasteiger partial charge on any atom is -0.397 e. The van der Waals surface area contributed by atoms with E-state index in [1.165, 1.54) is 0 Å². The molecule has 3 N–H and O–H groups in total. The lowest BCUT2D eigenvalue weighted by Gasteiger charge is -1.94. The summed E-state index contributed by atoms with van der Waals surface area (Å²) in [6, 6.07) is 0. The fourth-order valence-electron chi connectivity index (χ4n) is 1.29. The molecule has 0 amide bonds. The Morgan fingerprint density at radius 2 is 2.27 bits per heavy atom. The Balaban J connectivity index is 2.96. The van der Waals surface area contributed by atoms with Crippen LogP contribution in [0.3, 0.4) is 0 Å². The second-order valence-electron chi connectivity index (χ2n) is 2.62. The Morgan fingerprint density at radius 3 is 3.00 bits per heavy atom. The first-order chi connectivity index (χ1) is 5.29. The molecule has 0 unspecified atom stereocenters. The number of hydrogen-bond donors (Lipinski definition) is 2. The first kappa shape index (κ1) is 6.22. The zero-order chi connectivity index (χ0) is 7.84. The van der Waals surface area contributed by atoms with Gasteiger partial charge in [-0.2, -0.15) is 0 Å². The molecule has 0 aliphatic carbocycles. The molecule has 0 saturated heterocycles. The summed E-state index contributed by atoms with van der Waals surface area (Å²) < 4.78 is 0. The van der Waals surface area contributed by atoms with E-state index in [2.05, 4.69) is 9.97 Å². The van der Waals surface area contributed by atoms with Gasteiger partial charge in [-0.1, -0.05) is 0 Å². The summed E-state index contributed by atoms with van der Waals surface area (Å²) in [6.45, 7) is 2.00. The number of rotatable bonds is 0. The quantitative estimate of drug-likeness (QED) is 0.592. The molecule has 0 aromatic carbocycles. The van der Waals surface area contributed by atoms with Crippen molar-refractivity contribution in [1.82, 2.24) is 9.97 Å². The van der Waals surface area contributed by atoms with Gasteiger partial charge in [0, 0.05) is 17.8 Å². The van der Waals surface area contributed by atoms with Gasteiger partial charge in [-0.15, -0.1) is 0 Å². The van der Waals surface area contributed by atoms with Crippen LogP contribution in [0.15, 0.2) is 18.6 Å². The van der Waals surface area contributed by atoms with Crippen LogP contribution < -0.4 is 5.73 Å². The molecule has 0 radical (unpaired) electrons. The van der Waals surface area contributed by atoms with Crippen LogP contribution in [0.5, 0.6) is 0 Å². The SMILES string of the molecule is Cc1cncc2[nH]cc(N)c12. The van der Waals surface area contributed by atoms with Crippen LogP contribution in [0, 0.1) is 6.92 Å². The maximum atomic E-state index is 5.72. The molecule has 3 heteroatoms. The van der Waals surface area contributed by atoms with Gasteiger partial charge in [0.15, 0.2) is 0 Å². The summed E-state index contributed by atoms with van der Waals surface area (Å²) in [7, 11) is 0. The van der Waals surface area contributed by atoms with E-state index >= 15 is 0 Å². The fraction of sp³-hybridized carbons (Fsp3) is 0.125. The van der Waals surface area contributed by atoms with Gasteiger partial charge < -0.3 is 10.7 Å². The van der Waals surface area contributed by atoms with Crippen molar-refractivity contribution in [3.8, 4) is 0 Å². The Kier molecular flexibility index (Phi) is 1.12. The van der Waals surface area contributed by atoms with Crippen molar-refractivity contribution in [3.05, 3.63) is 24.2 Å². The maximum Gasteiger partial charge on any atom is 0.0664 e. The van der Waals surface area contributed by atoms with E-state index < -0.39 is 0 Å². The number of aryl methyl sites for hydroxylation is 1. The smallest absolute Gasteiger partial charge is 0.0664 e. The maximum absolute atomic E-state index is 5.72. The third kappa shape index (κ3) is 0.774. The molecule has 11 heavy (non-hydrogen) atoms. The number of hydrogen-bond acceptors (Lipinski definition) is 2. The van der Waals surface area contributed by atoms with Crippen molar-refractivity contribution in [2.75, 3.05) is 5.73 Å². The van der Waals surface area contributed by atoms with Gasteiger partial charge >= 0.3 is 0 Å². The largest absolute Gasteiger partial charge is 0.397 e. The van der Waals surface area contributed by atoms with Crippen molar-refractivity contribution in [2.24, 2.45) is 0 Å². The van der Waals surface area contributed by atoms with Crippen molar-refractivity contribution in [3.63, 3.8) is 0 Å². The highest BCUT2D eigenvalue weighted by Gasteiger charge is 2.01. The molecule has 2 aromatic heterocycles. The van der Waals surface area contributed by atoms with E-state index in [9.17, 15) is 0 Å². The predicted octanol–water partition coefficient (Wildman–Crippen LogP) is 1.45. The first-order valence-corrected chi connectivity index (χ1v) is 3.46. The summed E-state index contributed by atoms with van der Waals surface area (Å²) in [5.74, 6) is 0. The van der Waals surface area contributed by atoms with Gasteiger partial charge in [0.25, 0.3) is 0 Å². The zero-order valence-electron chi connectivity index (χ0n) is 6.26. The van der Waals surface area contributed by atoms with Crippen LogP contribution in [0.25, 0.3) is 10.9 Å². The molecule has 3 nitrogen and oxygen atoms in total. The van der Waals surface area contributed by atoms with E-state index in [1.54, 1.807) is 12.4 Å². The van der Waals surface area contributed by atoms with E-state index in [1.807, 2.05) is 13.1 Å². The molecule has 0 spiro atoms. The van der Waals surface area contributed by atoms with Crippen LogP contribution in [0.2, 0.25) is 0 Å². The number of H-pyrrole nitrogens is 1. The summed E-state index contributed by atoms with van der Waals surface area (Å²) in [4.78, 5) is 7.08. The molecule has 0 aliphatic heterocycles. The van der Waals surface area contributed by atoms with E-state index in [4.69, 9.17) is 5.73 Å². The summed E-state index contributed by atoms with van der Waals surface area (Å²) in [5.41, 5.74) is 8.62. The number of anilines is 1. The number of pyridine rings is 1. The van der Waals surface area contributed by atoms with Crippen molar-refractivity contribution >= 4 is 16.6 Å². The standard InChI is InChI=1S/C8H9N3/c1-5-2-10-4-7-8(5)6(9)3-11-7/h2-4,11H,9H2,1H3. The highest BCUT2D eigenvalue weighted by molar-refractivity contribution is 5.93. The van der Waals surface area contributed by atoms with Crippen LogP contribution in [0.1, 0.15) is 5.56 Å². The topological polar surface area (TPSA) is 54.7 Å². The Hall–Kier alpha value is -1.51. The monoisotopic (exact) mass is 147 g/mol. The molecule has 0 aliphatic rings. The summed E-state index contributed by atoms with van der Waals surface area (Å²) >= 11 is 0. The second-order valence-corrected chi connectivity index (χ2v) is 2.62.